The number of alkyl halides is 3. The van der Waals surface area contributed by atoms with E-state index in [1.807, 2.05) is 12.1 Å². The van der Waals surface area contributed by atoms with Gasteiger partial charge in [-0.3, -0.25) is 9.97 Å². The molecule has 0 amide bonds. The fourth-order valence-electron chi connectivity index (χ4n) is 2.65. The van der Waals surface area contributed by atoms with Gasteiger partial charge >= 0.3 is 6.18 Å². The molecule has 1 aliphatic rings. The van der Waals surface area contributed by atoms with E-state index in [-0.39, 0.29) is 12.1 Å². The first-order valence-corrected chi connectivity index (χ1v) is 8.58. The summed E-state index contributed by atoms with van der Waals surface area (Å²) in [6.07, 6.45) is 1.00. The minimum absolute atomic E-state index is 0.00430. The Morgan fingerprint density at radius 1 is 1.12 bits per heavy atom. The molecule has 128 valence electrons. The second-order valence-electron chi connectivity index (χ2n) is 5.93. The van der Waals surface area contributed by atoms with Crippen LogP contribution >= 0.6 is 11.5 Å². The minimum atomic E-state index is -4.43. The number of hydrogen-bond donors (Lipinski definition) is 0. The van der Waals surface area contributed by atoms with Gasteiger partial charge in [0.25, 0.3) is 0 Å². The maximum atomic E-state index is 13.1. The van der Waals surface area contributed by atoms with Crippen LogP contribution in [0.4, 0.5) is 13.2 Å². The van der Waals surface area contributed by atoms with Crippen LogP contribution in [0.2, 0.25) is 0 Å². The third-order valence-corrected chi connectivity index (χ3v) is 4.75. The molecule has 0 radical (unpaired) electrons. The smallest absolute Gasteiger partial charge is 0.260 e. The first-order chi connectivity index (χ1) is 12.0. The van der Waals surface area contributed by atoms with Crippen LogP contribution in [-0.2, 0) is 12.6 Å². The predicted molar refractivity (Wildman–Crippen MR) is 87.2 cm³/mol. The summed E-state index contributed by atoms with van der Waals surface area (Å²) in [6, 6.07) is 6.26. The summed E-state index contributed by atoms with van der Waals surface area (Å²) >= 11 is 1.08. The van der Waals surface area contributed by atoms with Crippen LogP contribution in [0.1, 0.15) is 40.6 Å². The van der Waals surface area contributed by atoms with E-state index in [9.17, 15) is 13.2 Å². The summed E-state index contributed by atoms with van der Waals surface area (Å²) in [6.45, 7) is 0. The van der Waals surface area contributed by atoms with Gasteiger partial charge in [0.15, 0.2) is 5.82 Å². The Morgan fingerprint density at radius 2 is 1.96 bits per heavy atom. The van der Waals surface area contributed by atoms with Crippen LogP contribution in [-0.4, -0.2) is 19.3 Å². The topological polar surface area (TPSA) is 51.6 Å². The molecule has 3 heterocycles. The molecule has 0 bridgehead atoms. The van der Waals surface area contributed by atoms with E-state index in [0.29, 0.717) is 22.4 Å². The summed E-state index contributed by atoms with van der Waals surface area (Å²) in [5, 5.41) is 0.484. The molecule has 0 aromatic carbocycles. The largest absolute Gasteiger partial charge is 0.418 e. The normalized spacial score (nSPS) is 14.7. The monoisotopic (exact) mass is 362 g/mol. The third kappa shape index (κ3) is 3.53. The van der Waals surface area contributed by atoms with Crippen molar-refractivity contribution < 1.29 is 13.2 Å². The van der Waals surface area contributed by atoms with E-state index < -0.39 is 11.7 Å². The summed E-state index contributed by atoms with van der Waals surface area (Å²) in [5.41, 5.74) is 1.09. The van der Waals surface area contributed by atoms with Crippen LogP contribution in [0.3, 0.4) is 0 Å². The molecule has 0 atom stereocenters. The van der Waals surface area contributed by atoms with Crippen LogP contribution < -0.4 is 0 Å². The molecular weight excluding hydrogens is 349 g/mol. The van der Waals surface area contributed by atoms with Crippen LogP contribution in [0.15, 0.2) is 36.7 Å². The molecule has 1 fully saturated rings. The van der Waals surface area contributed by atoms with Crippen molar-refractivity contribution in [3.63, 3.8) is 0 Å². The number of halogens is 3. The van der Waals surface area contributed by atoms with Crippen LogP contribution in [0.5, 0.6) is 0 Å². The molecule has 8 heteroatoms. The molecule has 3 aromatic heterocycles. The lowest BCUT2D eigenvalue weighted by Gasteiger charge is -2.10. The van der Waals surface area contributed by atoms with Gasteiger partial charge in [-0.05, 0) is 60.1 Å². The average Bonchev–Trinajstić information content (AvgIpc) is 3.34. The van der Waals surface area contributed by atoms with Gasteiger partial charge in [-0.1, -0.05) is 0 Å². The van der Waals surface area contributed by atoms with Gasteiger partial charge in [0, 0.05) is 18.8 Å². The molecule has 25 heavy (non-hydrogen) atoms. The summed E-state index contributed by atoms with van der Waals surface area (Å²) in [5.74, 6) is 1.04. The molecule has 1 saturated carbocycles. The highest BCUT2D eigenvalue weighted by molar-refractivity contribution is 7.05. The summed E-state index contributed by atoms with van der Waals surface area (Å²) in [4.78, 5) is 12.5. The van der Waals surface area contributed by atoms with E-state index in [1.54, 1.807) is 6.20 Å². The summed E-state index contributed by atoms with van der Waals surface area (Å²) in [7, 11) is 0. The van der Waals surface area contributed by atoms with Gasteiger partial charge in [-0.2, -0.15) is 17.5 Å². The van der Waals surface area contributed by atoms with Crippen LogP contribution in [0.25, 0.3) is 11.5 Å². The highest BCUT2D eigenvalue weighted by atomic mass is 32.1. The standard InChI is InChI=1S/C17H13F3N4S/c18-17(19,20)12-2-1-6-21-13(12)9-15-23-16(24-25-15)14-8-11(5-7-22-14)10-3-4-10/h1-2,5-8,10H,3-4,9H2. The summed E-state index contributed by atoms with van der Waals surface area (Å²) < 4.78 is 43.4. The number of aromatic nitrogens is 4. The second kappa shape index (κ2) is 6.18. The lowest BCUT2D eigenvalue weighted by Crippen LogP contribution is -2.10. The highest BCUT2D eigenvalue weighted by Crippen LogP contribution is 2.40. The molecule has 0 N–H and O–H groups in total. The highest BCUT2D eigenvalue weighted by Gasteiger charge is 2.34. The fourth-order valence-corrected chi connectivity index (χ4v) is 3.31. The van der Waals surface area contributed by atoms with Gasteiger partial charge in [0.1, 0.15) is 10.7 Å². The first-order valence-electron chi connectivity index (χ1n) is 7.81. The van der Waals surface area contributed by atoms with E-state index in [4.69, 9.17) is 0 Å². The Hall–Kier alpha value is -2.35. The predicted octanol–water partition coefficient (Wildman–Crippen LogP) is 4.48. The van der Waals surface area contributed by atoms with Crippen molar-refractivity contribution in [2.24, 2.45) is 0 Å². The average molecular weight is 362 g/mol. The maximum absolute atomic E-state index is 13.1. The van der Waals surface area contributed by atoms with E-state index in [0.717, 1.165) is 17.6 Å². The van der Waals surface area contributed by atoms with Crippen molar-refractivity contribution in [1.29, 1.82) is 0 Å². The van der Waals surface area contributed by atoms with E-state index in [1.165, 1.54) is 30.7 Å². The molecule has 0 aliphatic heterocycles. The maximum Gasteiger partial charge on any atom is 0.418 e. The molecule has 3 aromatic rings. The first kappa shape index (κ1) is 16.1. The van der Waals surface area contributed by atoms with Gasteiger partial charge in [0.2, 0.25) is 0 Å². The van der Waals surface area contributed by atoms with Gasteiger partial charge in [0.05, 0.1) is 11.3 Å². The molecule has 0 unspecified atom stereocenters. The second-order valence-corrected chi connectivity index (χ2v) is 6.77. The van der Waals surface area contributed by atoms with Crippen molar-refractivity contribution in [2.45, 2.75) is 31.4 Å². The van der Waals surface area contributed by atoms with Crippen LogP contribution in [0, 0.1) is 0 Å². The SMILES string of the molecule is FC(F)(F)c1cccnc1Cc1nc(-c2cc(C3CC3)ccn2)ns1. The lowest BCUT2D eigenvalue weighted by atomic mass is 10.1. The van der Waals surface area contributed by atoms with Crippen molar-refractivity contribution in [3.05, 3.63) is 58.5 Å². The Balaban J connectivity index is 1.59. The Morgan fingerprint density at radius 3 is 2.72 bits per heavy atom. The van der Waals surface area contributed by atoms with Crippen molar-refractivity contribution >= 4 is 11.5 Å². The molecule has 4 rings (SSSR count). The fraction of sp³-hybridized carbons (Fsp3) is 0.294. The molecule has 0 saturated heterocycles. The zero-order chi connectivity index (χ0) is 17.4. The number of rotatable bonds is 4. The molecule has 1 aliphatic carbocycles. The van der Waals surface area contributed by atoms with Crippen molar-refractivity contribution in [2.75, 3.05) is 0 Å². The Kier molecular flexibility index (Phi) is 3.99. The number of pyridine rings is 2. The van der Waals surface area contributed by atoms with Gasteiger partial charge in [-0.15, -0.1) is 0 Å². The lowest BCUT2D eigenvalue weighted by molar-refractivity contribution is -0.138. The Labute approximate surface area is 146 Å². The Bertz CT molecular complexity index is 903. The quantitative estimate of drug-likeness (QED) is 0.687. The van der Waals surface area contributed by atoms with Gasteiger partial charge < -0.3 is 0 Å². The zero-order valence-electron chi connectivity index (χ0n) is 13.0. The third-order valence-electron chi connectivity index (χ3n) is 4.04. The molecule has 4 nitrogen and oxygen atoms in total. The van der Waals surface area contributed by atoms with Gasteiger partial charge in [-0.25, -0.2) is 4.98 Å². The molecule has 0 spiro atoms. The van der Waals surface area contributed by atoms with Crippen molar-refractivity contribution in [1.82, 2.24) is 19.3 Å². The number of hydrogen-bond acceptors (Lipinski definition) is 5. The van der Waals surface area contributed by atoms with Crippen molar-refractivity contribution in [3.8, 4) is 11.5 Å². The number of nitrogens with zero attached hydrogens (tertiary/aromatic N) is 4. The molecular formula is C17H13F3N4S. The van der Waals surface area contributed by atoms with E-state index in [2.05, 4.69) is 19.3 Å². The minimum Gasteiger partial charge on any atom is -0.260 e. The van der Waals surface area contributed by atoms with E-state index >= 15 is 0 Å². The zero-order valence-corrected chi connectivity index (χ0v) is 13.8.